The van der Waals surface area contributed by atoms with Crippen molar-refractivity contribution in [3.8, 4) is 0 Å². The third-order valence-corrected chi connectivity index (χ3v) is 3.69. The summed E-state index contributed by atoms with van der Waals surface area (Å²) in [7, 11) is 2.11. The van der Waals surface area contributed by atoms with E-state index in [9.17, 15) is 0 Å². The zero-order valence-corrected chi connectivity index (χ0v) is 11.3. The van der Waals surface area contributed by atoms with Crippen LogP contribution < -0.4 is 10.6 Å². The number of thiazole rings is 1. The molecule has 0 spiro atoms. The van der Waals surface area contributed by atoms with Crippen LogP contribution in [-0.2, 0) is 6.42 Å². The number of hydrogen-bond donors (Lipinski definition) is 1. The van der Waals surface area contributed by atoms with Crippen molar-refractivity contribution in [2.24, 2.45) is 5.73 Å². The molecule has 0 saturated carbocycles. The number of fused-ring (bicyclic) bond motifs is 1. The van der Waals surface area contributed by atoms with Crippen LogP contribution in [0.3, 0.4) is 0 Å². The van der Waals surface area contributed by atoms with E-state index < -0.39 is 0 Å². The molecule has 2 aromatic rings. The van der Waals surface area contributed by atoms with Crippen LogP contribution in [0, 0.1) is 0 Å². The first-order chi connectivity index (χ1) is 8.27. The molecule has 0 aromatic carbocycles. The largest absolute Gasteiger partial charge is 0.358 e. The van der Waals surface area contributed by atoms with Gasteiger partial charge < -0.3 is 10.6 Å². The van der Waals surface area contributed by atoms with Crippen molar-refractivity contribution in [1.29, 1.82) is 0 Å². The molecule has 2 aromatic heterocycles. The lowest BCUT2D eigenvalue weighted by atomic mass is 10.2. The molecule has 0 radical (unpaired) electrons. The van der Waals surface area contributed by atoms with E-state index in [0.717, 1.165) is 23.7 Å². The Hall–Kier alpha value is -1.07. The molecule has 0 aliphatic rings. The first-order valence-corrected chi connectivity index (χ1v) is 7.01. The van der Waals surface area contributed by atoms with Crippen molar-refractivity contribution < 1.29 is 0 Å². The van der Waals surface area contributed by atoms with Crippen molar-refractivity contribution in [3.63, 3.8) is 0 Å². The summed E-state index contributed by atoms with van der Waals surface area (Å²) in [5.74, 6) is 1.09. The molecule has 0 aliphatic carbocycles. The zero-order chi connectivity index (χ0) is 12.3. The molecule has 2 heterocycles. The van der Waals surface area contributed by atoms with E-state index in [4.69, 9.17) is 10.7 Å². The summed E-state index contributed by atoms with van der Waals surface area (Å²) < 4.78 is 2.16. The molecule has 0 atom stereocenters. The van der Waals surface area contributed by atoms with Crippen LogP contribution in [0.2, 0.25) is 0 Å². The lowest BCUT2D eigenvalue weighted by Crippen LogP contribution is -2.21. The van der Waals surface area contributed by atoms with Crippen molar-refractivity contribution in [2.45, 2.75) is 26.2 Å². The fourth-order valence-electron chi connectivity index (χ4n) is 2.00. The summed E-state index contributed by atoms with van der Waals surface area (Å²) in [5, 5.41) is 2.07. The average Bonchev–Trinajstić information content (AvgIpc) is 2.89. The number of aromatic nitrogens is 2. The van der Waals surface area contributed by atoms with Gasteiger partial charge in [0.05, 0.1) is 5.69 Å². The van der Waals surface area contributed by atoms with Crippen molar-refractivity contribution in [1.82, 2.24) is 9.38 Å². The number of unbranched alkanes of at least 4 members (excludes halogenated alkanes) is 1. The molecule has 2 N–H and O–H groups in total. The second-order valence-corrected chi connectivity index (χ2v) is 5.12. The Bertz CT molecular complexity index is 474. The van der Waals surface area contributed by atoms with Gasteiger partial charge in [-0.3, -0.25) is 4.40 Å². The van der Waals surface area contributed by atoms with Crippen molar-refractivity contribution >= 4 is 22.1 Å². The smallest absolute Gasteiger partial charge is 0.195 e. The molecule has 0 unspecified atom stereocenters. The first-order valence-electron chi connectivity index (χ1n) is 6.13. The highest BCUT2D eigenvalue weighted by atomic mass is 32.1. The van der Waals surface area contributed by atoms with E-state index in [0.29, 0.717) is 6.54 Å². The van der Waals surface area contributed by atoms with Gasteiger partial charge in [0.1, 0.15) is 0 Å². The third-order valence-electron chi connectivity index (χ3n) is 2.93. The zero-order valence-electron chi connectivity index (χ0n) is 10.5. The number of nitrogens with zero attached hydrogens (tertiary/aromatic N) is 3. The molecule has 17 heavy (non-hydrogen) atoms. The summed E-state index contributed by atoms with van der Waals surface area (Å²) in [4.78, 5) is 8.00. The standard InChI is InChI=1S/C12H20N4S/c1-3-4-7-15(2)11-10(5-6-13)16-8-9-17-12(16)14-11/h8-9H,3-7,13H2,1-2H3. The normalized spacial score (nSPS) is 11.2. The molecule has 2 rings (SSSR count). The second-order valence-electron chi connectivity index (χ2n) is 4.25. The van der Waals surface area contributed by atoms with Gasteiger partial charge in [-0.05, 0) is 13.0 Å². The summed E-state index contributed by atoms with van der Waals surface area (Å²) in [6.07, 6.45) is 5.36. The van der Waals surface area contributed by atoms with Crippen LogP contribution in [0.25, 0.3) is 4.96 Å². The summed E-state index contributed by atoms with van der Waals surface area (Å²) in [6, 6.07) is 0. The van der Waals surface area contributed by atoms with Crippen LogP contribution in [0.5, 0.6) is 0 Å². The molecule has 0 fully saturated rings. The number of nitrogens with two attached hydrogens (primary N) is 1. The highest BCUT2D eigenvalue weighted by molar-refractivity contribution is 7.15. The van der Waals surface area contributed by atoms with Gasteiger partial charge in [-0.1, -0.05) is 13.3 Å². The van der Waals surface area contributed by atoms with Gasteiger partial charge in [-0.25, -0.2) is 4.98 Å². The number of rotatable bonds is 6. The summed E-state index contributed by atoms with van der Waals surface area (Å²) >= 11 is 1.67. The fourth-order valence-corrected chi connectivity index (χ4v) is 2.73. The van der Waals surface area contributed by atoms with Gasteiger partial charge in [0.15, 0.2) is 10.8 Å². The van der Waals surface area contributed by atoms with Gasteiger partial charge in [-0.2, -0.15) is 0 Å². The average molecular weight is 252 g/mol. The quantitative estimate of drug-likeness (QED) is 0.856. The molecular weight excluding hydrogens is 232 g/mol. The number of hydrogen-bond acceptors (Lipinski definition) is 4. The van der Waals surface area contributed by atoms with Crippen LogP contribution in [0.1, 0.15) is 25.5 Å². The Morgan fingerprint density at radius 3 is 3.06 bits per heavy atom. The molecule has 4 nitrogen and oxygen atoms in total. The molecular formula is C12H20N4S. The van der Waals surface area contributed by atoms with E-state index in [-0.39, 0.29) is 0 Å². The van der Waals surface area contributed by atoms with E-state index in [1.807, 2.05) is 0 Å². The molecule has 94 valence electrons. The van der Waals surface area contributed by atoms with Gasteiger partial charge in [-0.15, -0.1) is 11.3 Å². The van der Waals surface area contributed by atoms with Crippen LogP contribution in [0.4, 0.5) is 5.82 Å². The van der Waals surface area contributed by atoms with E-state index in [2.05, 4.69) is 34.8 Å². The second kappa shape index (κ2) is 5.51. The molecule has 0 amide bonds. The van der Waals surface area contributed by atoms with Gasteiger partial charge in [0, 0.05) is 31.6 Å². The van der Waals surface area contributed by atoms with E-state index in [1.54, 1.807) is 11.3 Å². The fraction of sp³-hybridized carbons (Fsp3) is 0.583. The Morgan fingerprint density at radius 2 is 2.35 bits per heavy atom. The molecule has 0 aliphatic heterocycles. The van der Waals surface area contributed by atoms with Crippen LogP contribution in [0.15, 0.2) is 11.6 Å². The highest BCUT2D eigenvalue weighted by Gasteiger charge is 2.15. The Morgan fingerprint density at radius 1 is 1.53 bits per heavy atom. The number of imidazole rings is 1. The van der Waals surface area contributed by atoms with Crippen molar-refractivity contribution in [3.05, 3.63) is 17.3 Å². The lowest BCUT2D eigenvalue weighted by Gasteiger charge is -2.17. The summed E-state index contributed by atoms with van der Waals surface area (Å²) in [6.45, 7) is 3.93. The molecule has 5 heteroatoms. The molecule has 0 saturated heterocycles. The monoisotopic (exact) mass is 252 g/mol. The maximum absolute atomic E-state index is 5.69. The van der Waals surface area contributed by atoms with E-state index in [1.165, 1.54) is 18.5 Å². The van der Waals surface area contributed by atoms with Crippen molar-refractivity contribution in [2.75, 3.05) is 25.0 Å². The minimum atomic E-state index is 0.665. The SMILES string of the molecule is CCCCN(C)c1nc2sccn2c1CCN. The summed E-state index contributed by atoms with van der Waals surface area (Å²) in [5.41, 5.74) is 6.93. The minimum absolute atomic E-state index is 0.665. The Balaban J connectivity index is 2.30. The Kier molecular flexibility index (Phi) is 4.02. The maximum atomic E-state index is 5.69. The molecule has 0 bridgehead atoms. The minimum Gasteiger partial charge on any atom is -0.358 e. The van der Waals surface area contributed by atoms with Crippen LogP contribution in [-0.4, -0.2) is 29.5 Å². The Labute approximate surface area is 106 Å². The van der Waals surface area contributed by atoms with Gasteiger partial charge in [0.25, 0.3) is 0 Å². The van der Waals surface area contributed by atoms with E-state index >= 15 is 0 Å². The highest BCUT2D eigenvalue weighted by Crippen LogP contribution is 2.24. The topological polar surface area (TPSA) is 46.6 Å². The lowest BCUT2D eigenvalue weighted by molar-refractivity contribution is 0.755. The van der Waals surface area contributed by atoms with Gasteiger partial charge >= 0.3 is 0 Å². The third kappa shape index (κ3) is 2.45. The number of anilines is 1. The predicted molar refractivity (Wildman–Crippen MR) is 74.0 cm³/mol. The predicted octanol–water partition coefficient (Wildman–Crippen LogP) is 2.13. The first kappa shape index (κ1) is 12.4. The van der Waals surface area contributed by atoms with Crippen LogP contribution >= 0.6 is 11.3 Å². The maximum Gasteiger partial charge on any atom is 0.195 e. The van der Waals surface area contributed by atoms with Gasteiger partial charge in [0.2, 0.25) is 0 Å².